The summed E-state index contributed by atoms with van der Waals surface area (Å²) >= 11 is 0. The second kappa shape index (κ2) is 4.49. The van der Waals surface area contributed by atoms with E-state index in [2.05, 4.69) is 10.5 Å². The van der Waals surface area contributed by atoms with E-state index in [9.17, 15) is 8.78 Å². The Morgan fingerprint density at radius 1 is 1.33 bits per heavy atom. The van der Waals surface area contributed by atoms with Gasteiger partial charge in [0.05, 0.1) is 11.8 Å². The largest absolute Gasteiger partial charge is 0.356 e. The maximum atomic E-state index is 13.7. The summed E-state index contributed by atoms with van der Waals surface area (Å²) < 4.78 is 31.6. The maximum Gasteiger partial charge on any atom is 0.174 e. The van der Waals surface area contributed by atoms with Crippen LogP contribution in [-0.4, -0.2) is 11.2 Å². The number of nitrogens with zero attached hydrogens (tertiary/aromatic N) is 1. The molecule has 0 saturated heterocycles. The quantitative estimate of drug-likeness (QED) is 0.906. The van der Waals surface area contributed by atoms with E-state index in [0.29, 0.717) is 18.3 Å². The van der Waals surface area contributed by atoms with E-state index < -0.39 is 11.6 Å². The van der Waals surface area contributed by atoms with Crippen molar-refractivity contribution in [3.63, 3.8) is 0 Å². The van der Waals surface area contributed by atoms with Crippen LogP contribution >= 0.6 is 0 Å². The van der Waals surface area contributed by atoms with Gasteiger partial charge in [-0.05, 0) is 25.0 Å². The molecule has 94 valence electrons. The molecule has 0 spiro atoms. The van der Waals surface area contributed by atoms with Gasteiger partial charge in [0.2, 0.25) is 0 Å². The van der Waals surface area contributed by atoms with Gasteiger partial charge >= 0.3 is 0 Å². The third-order valence-corrected chi connectivity index (χ3v) is 2.98. The number of benzene rings is 1. The minimum atomic E-state index is -0.639. The molecule has 0 aliphatic heterocycles. The van der Waals surface area contributed by atoms with Crippen LogP contribution in [0.1, 0.15) is 18.4 Å². The predicted octanol–water partition coefficient (Wildman–Crippen LogP) is 2.87. The van der Waals surface area contributed by atoms with E-state index in [1.54, 1.807) is 6.20 Å². The van der Waals surface area contributed by atoms with Crippen molar-refractivity contribution < 1.29 is 13.3 Å². The summed E-state index contributed by atoms with van der Waals surface area (Å²) in [6, 6.07) is 3.96. The molecule has 1 aliphatic rings. The van der Waals surface area contributed by atoms with Gasteiger partial charge in [0.15, 0.2) is 5.76 Å². The van der Waals surface area contributed by atoms with Gasteiger partial charge in [-0.1, -0.05) is 5.16 Å². The number of hydrogen-bond donors (Lipinski definition) is 1. The molecule has 1 N–H and O–H groups in total. The lowest BCUT2D eigenvalue weighted by molar-refractivity contribution is 0.428. The van der Waals surface area contributed by atoms with Crippen molar-refractivity contribution in [2.75, 3.05) is 0 Å². The highest BCUT2D eigenvalue weighted by Gasteiger charge is 2.22. The first-order valence-corrected chi connectivity index (χ1v) is 5.86. The fourth-order valence-electron chi connectivity index (χ4n) is 1.82. The van der Waals surface area contributed by atoms with Crippen molar-refractivity contribution in [1.82, 2.24) is 10.5 Å². The second-order valence-electron chi connectivity index (χ2n) is 4.46. The van der Waals surface area contributed by atoms with Crippen LogP contribution < -0.4 is 5.32 Å². The van der Waals surface area contributed by atoms with Crippen LogP contribution in [0, 0.1) is 11.6 Å². The summed E-state index contributed by atoms with van der Waals surface area (Å²) in [6.45, 7) is 0.584. The normalized spacial score (nSPS) is 15.0. The third-order valence-electron chi connectivity index (χ3n) is 2.98. The highest BCUT2D eigenvalue weighted by atomic mass is 19.1. The molecule has 1 heterocycles. The molecule has 1 aliphatic carbocycles. The van der Waals surface area contributed by atoms with Crippen molar-refractivity contribution in [1.29, 1.82) is 0 Å². The minimum Gasteiger partial charge on any atom is -0.356 e. The van der Waals surface area contributed by atoms with Crippen molar-refractivity contribution in [3.8, 4) is 11.3 Å². The summed E-state index contributed by atoms with van der Waals surface area (Å²) in [4.78, 5) is 0. The van der Waals surface area contributed by atoms with Crippen molar-refractivity contribution in [2.45, 2.75) is 25.4 Å². The fraction of sp³-hybridized carbons (Fsp3) is 0.308. The Balaban J connectivity index is 1.88. The van der Waals surface area contributed by atoms with Crippen LogP contribution in [0.25, 0.3) is 11.3 Å². The smallest absolute Gasteiger partial charge is 0.174 e. The topological polar surface area (TPSA) is 38.1 Å². The zero-order valence-corrected chi connectivity index (χ0v) is 9.62. The average Bonchev–Trinajstić information content (AvgIpc) is 3.06. The first kappa shape index (κ1) is 11.3. The van der Waals surface area contributed by atoms with Gasteiger partial charge in [0.1, 0.15) is 11.6 Å². The van der Waals surface area contributed by atoms with Crippen LogP contribution in [0.4, 0.5) is 8.78 Å². The van der Waals surface area contributed by atoms with Crippen LogP contribution in [0.2, 0.25) is 0 Å². The summed E-state index contributed by atoms with van der Waals surface area (Å²) in [5, 5.41) is 6.99. The molecule has 0 amide bonds. The predicted molar refractivity (Wildman–Crippen MR) is 61.7 cm³/mol. The highest BCUT2D eigenvalue weighted by Crippen LogP contribution is 2.27. The molecule has 18 heavy (non-hydrogen) atoms. The van der Waals surface area contributed by atoms with Crippen molar-refractivity contribution in [2.24, 2.45) is 0 Å². The standard InChI is InChI=1S/C13H12F2N2O/c14-9-1-4-11(12(15)5-9)13-8(7-17-18-13)6-16-10-2-3-10/h1,4-5,7,10,16H,2-3,6H2. The monoisotopic (exact) mass is 250 g/mol. The number of nitrogens with one attached hydrogen (secondary N) is 1. The van der Waals surface area contributed by atoms with Crippen molar-refractivity contribution in [3.05, 3.63) is 41.6 Å². The van der Waals surface area contributed by atoms with E-state index in [1.807, 2.05) is 0 Å². The molecule has 1 aromatic carbocycles. The van der Waals surface area contributed by atoms with Gasteiger partial charge in [-0.25, -0.2) is 8.78 Å². The Morgan fingerprint density at radius 2 is 2.17 bits per heavy atom. The SMILES string of the molecule is Fc1ccc(-c2oncc2CNC2CC2)c(F)c1. The second-order valence-corrected chi connectivity index (χ2v) is 4.46. The van der Waals surface area contributed by atoms with Crippen molar-refractivity contribution >= 4 is 0 Å². The lowest BCUT2D eigenvalue weighted by Crippen LogP contribution is -2.15. The van der Waals surface area contributed by atoms with Gasteiger partial charge in [-0.2, -0.15) is 0 Å². The lowest BCUT2D eigenvalue weighted by Gasteiger charge is -2.04. The molecular weight excluding hydrogens is 238 g/mol. The van der Waals surface area contributed by atoms with Gasteiger partial charge < -0.3 is 9.84 Å². The number of aromatic nitrogens is 1. The molecule has 5 heteroatoms. The lowest BCUT2D eigenvalue weighted by atomic mass is 10.1. The third kappa shape index (κ3) is 2.26. The summed E-state index contributed by atoms with van der Waals surface area (Å²) in [7, 11) is 0. The first-order valence-electron chi connectivity index (χ1n) is 5.86. The van der Waals surface area contributed by atoms with E-state index in [0.717, 1.165) is 11.6 Å². The molecule has 0 radical (unpaired) electrons. The Hall–Kier alpha value is -1.75. The Labute approximate surface area is 103 Å². The summed E-state index contributed by atoms with van der Waals surface area (Å²) in [5.41, 5.74) is 1.02. The summed E-state index contributed by atoms with van der Waals surface area (Å²) in [6.07, 6.45) is 3.91. The van der Waals surface area contributed by atoms with E-state index in [4.69, 9.17) is 4.52 Å². The fourth-order valence-corrected chi connectivity index (χ4v) is 1.82. The van der Waals surface area contributed by atoms with Crippen LogP contribution in [0.15, 0.2) is 28.9 Å². The number of hydrogen-bond acceptors (Lipinski definition) is 3. The molecule has 1 aromatic heterocycles. The molecule has 0 atom stereocenters. The maximum absolute atomic E-state index is 13.7. The van der Waals surface area contributed by atoms with E-state index in [1.165, 1.54) is 25.0 Å². The van der Waals surface area contributed by atoms with Crippen LogP contribution in [0.3, 0.4) is 0 Å². The molecule has 1 fully saturated rings. The Morgan fingerprint density at radius 3 is 2.89 bits per heavy atom. The molecule has 3 nitrogen and oxygen atoms in total. The van der Waals surface area contributed by atoms with Crippen LogP contribution in [0.5, 0.6) is 0 Å². The molecule has 0 bridgehead atoms. The minimum absolute atomic E-state index is 0.237. The molecule has 0 unspecified atom stereocenters. The Bertz CT molecular complexity index is 564. The van der Waals surface area contributed by atoms with Gasteiger partial charge in [0, 0.05) is 24.2 Å². The highest BCUT2D eigenvalue weighted by molar-refractivity contribution is 5.61. The first-order chi connectivity index (χ1) is 8.74. The van der Waals surface area contributed by atoms with Gasteiger partial charge in [-0.3, -0.25) is 0 Å². The zero-order chi connectivity index (χ0) is 12.5. The molecule has 3 rings (SSSR count). The average molecular weight is 250 g/mol. The molecular formula is C13H12F2N2O. The van der Waals surface area contributed by atoms with E-state index in [-0.39, 0.29) is 5.56 Å². The molecule has 1 saturated carbocycles. The zero-order valence-electron chi connectivity index (χ0n) is 9.62. The molecule has 2 aromatic rings. The van der Waals surface area contributed by atoms with Gasteiger partial charge in [-0.15, -0.1) is 0 Å². The van der Waals surface area contributed by atoms with Crippen LogP contribution in [-0.2, 0) is 6.54 Å². The number of halogens is 2. The Kier molecular flexibility index (Phi) is 2.83. The number of rotatable bonds is 4. The van der Waals surface area contributed by atoms with Gasteiger partial charge in [0.25, 0.3) is 0 Å². The summed E-state index contributed by atoms with van der Waals surface area (Å²) in [5.74, 6) is -0.881. The van der Waals surface area contributed by atoms with E-state index >= 15 is 0 Å².